The van der Waals surface area contributed by atoms with Crippen LogP contribution >= 0.6 is 0 Å². The van der Waals surface area contributed by atoms with Crippen LogP contribution in [-0.2, 0) is 4.79 Å². The van der Waals surface area contributed by atoms with E-state index in [0.29, 0.717) is 0 Å². The molecule has 0 saturated carbocycles. The molecular weight excluding hydrogens is 130 g/mol. The first kappa shape index (κ1) is 7.69. The van der Waals surface area contributed by atoms with E-state index in [1.54, 1.807) is 0 Å². The van der Waals surface area contributed by atoms with Crippen LogP contribution in [0.3, 0.4) is 0 Å². The number of likely N-dealkylation sites (tertiary alicyclic amines) is 1. The Hall–Kier alpha value is -0.410. The Kier molecular flexibility index (Phi) is 2.06. The van der Waals surface area contributed by atoms with E-state index in [1.165, 1.54) is 6.92 Å². The minimum Gasteiger partial charge on any atom is -0.391 e. The summed E-state index contributed by atoms with van der Waals surface area (Å²) in [4.78, 5) is 12.8. The number of ketones is 1. The third-order valence-electron chi connectivity index (χ3n) is 2.03. The van der Waals surface area contributed by atoms with Gasteiger partial charge in [-0.25, -0.2) is 0 Å². The molecule has 0 bridgehead atoms. The summed E-state index contributed by atoms with van der Waals surface area (Å²) in [6, 6.07) is -0.250. The average molecular weight is 143 g/mol. The molecule has 2 unspecified atom stereocenters. The van der Waals surface area contributed by atoms with Gasteiger partial charge in [0.25, 0.3) is 0 Å². The van der Waals surface area contributed by atoms with Gasteiger partial charge in [-0.15, -0.1) is 0 Å². The molecule has 1 rings (SSSR count). The van der Waals surface area contributed by atoms with Crippen molar-refractivity contribution in [1.82, 2.24) is 4.90 Å². The van der Waals surface area contributed by atoms with Gasteiger partial charge in [0.1, 0.15) is 5.78 Å². The van der Waals surface area contributed by atoms with Crippen LogP contribution in [0.4, 0.5) is 0 Å². The summed E-state index contributed by atoms with van der Waals surface area (Å²) in [7, 11) is 1.86. The smallest absolute Gasteiger partial charge is 0.149 e. The number of aliphatic hydroxyl groups excluding tert-OH is 1. The quantitative estimate of drug-likeness (QED) is 0.545. The van der Waals surface area contributed by atoms with Crippen molar-refractivity contribution in [2.75, 3.05) is 13.6 Å². The van der Waals surface area contributed by atoms with E-state index in [-0.39, 0.29) is 11.8 Å². The molecule has 0 aromatic rings. The van der Waals surface area contributed by atoms with E-state index in [2.05, 4.69) is 0 Å². The zero-order valence-electron chi connectivity index (χ0n) is 6.37. The van der Waals surface area contributed by atoms with Crippen LogP contribution in [0.25, 0.3) is 0 Å². The number of carbonyl (C=O) groups excluding carboxylic acids is 1. The number of nitrogens with zero attached hydrogens (tertiary/aromatic N) is 1. The molecule has 1 fully saturated rings. The molecule has 0 radical (unpaired) electrons. The van der Waals surface area contributed by atoms with Gasteiger partial charge in [0.15, 0.2) is 0 Å². The second-order valence-electron chi connectivity index (χ2n) is 2.89. The number of aliphatic hydroxyl groups is 1. The molecule has 1 aliphatic rings. The van der Waals surface area contributed by atoms with Crippen LogP contribution in [0.15, 0.2) is 0 Å². The van der Waals surface area contributed by atoms with Gasteiger partial charge in [-0.3, -0.25) is 9.69 Å². The summed E-state index contributed by atoms with van der Waals surface area (Å²) in [5.41, 5.74) is 0. The summed E-state index contributed by atoms with van der Waals surface area (Å²) in [6.45, 7) is 2.35. The van der Waals surface area contributed by atoms with Crippen LogP contribution in [0.1, 0.15) is 13.3 Å². The number of carbonyl (C=O) groups is 1. The molecule has 2 atom stereocenters. The summed E-state index contributed by atoms with van der Waals surface area (Å²) in [5.74, 6) is 0.0625. The van der Waals surface area contributed by atoms with Crippen molar-refractivity contribution in [2.45, 2.75) is 25.5 Å². The first-order valence-corrected chi connectivity index (χ1v) is 3.51. The first-order chi connectivity index (χ1) is 4.63. The highest BCUT2D eigenvalue weighted by molar-refractivity contribution is 5.82. The lowest BCUT2D eigenvalue weighted by atomic mass is 10.1. The standard InChI is InChI=1S/C7H13NO2/c1-5(9)7-6(10)3-4-8(7)2/h6-7,10H,3-4H2,1-2H3. The number of likely N-dealkylation sites (N-methyl/N-ethyl adjacent to an activating group) is 1. The first-order valence-electron chi connectivity index (χ1n) is 3.51. The fraction of sp³-hybridized carbons (Fsp3) is 0.857. The maximum atomic E-state index is 10.9. The molecule has 0 aliphatic carbocycles. The Morgan fingerprint density at radius 2 is 2.30 bits per heavy atom. The molecule has 1 heterocycles. The third-order valence-corrected chi connectivity index (χ3v) is 2.03. The molecule has 0 aromatic heterocycles. The minimum atomic E-state index is -0.442. The van der Waals surface area contributed by atoms with Gasteiger partial charge in [0.05, 0.1) is 12.1 Å². The zero-order chi connectivity index (χ0) is 7.72. The highest BCUT2D eigenvalue weighted by atomic mass is 16.3. The number of Topliss-reactive ketones (excluding diaryl/α,β-unsaturated/α-hetero) is 1. The van der Waals surface area contributed by atoms with E-state index in [9.17, 15) is 9.90 Å². The van der Waals surface area contributed by atoms with Crippen molar-refractivity contribution in [3.8, 4) is 0 Å². The average Bonchev–Trinajstić information content (AvgIpc) is 2.11. The fourth-order valence-corrected chi connectivity index (χ4v) is 1.51. The fourth-order valence-electron chi connectivity index (χ4n) is 1.51. The van der Waals surface area contributed by atoms with E-state index < -0.39 is 6.10 Å². The third kappa shape index (κ3) is 1.20. The molecule has 3 heteroatoms. The second kappa shape index (κ2) is 2.68. The van der Waals surface area contributed by atoms with Crippen LogP contribution < -0.4 is 0 Å². The van der Waals surface area contributed by atoms with Gasteiger partial charge in [-0.05, 0) is 20.4 Å². The molecular formula is C7H13NO2. The highest BCUT2D eigenvalue weighted by Gasteiger charge is 2.33. The summed E-state index contributed by atoms with van der Waals surface area (Å²) in [5, 5.41) is 9.27. The van der Waals surface area contributed by atoms with E-state index in [4.69, 9.17) is 0 Å². The lowest BCUT2D eigenvalue weighted by Gasteiger charge is -2.18. The molecule has 0 aromatic carbocycles. The predicted octanol–water partition coefficient (Wildman–Crippen LogP) is -0.360. The van der Waals surface area contributed by atoms with Crippen molar-refractivity contribution < 1.29 is 9.90 Å². The molecule has 1 aliphatic heterocycles. The summed E-state index contributed by atoms with van der Waals surface area (Å²) < 4.78 is 0. The van der Waals surface area contributed by atoms with E-state index >= 15 is 0 Å². The summed E-state index contributed by atoms with van der Waals surface area (Å²) >= 11 is 0. The topological polar surface area (TPSA) is 40.5 Å². The van der Waals surface area contributed by atoms with E-state index in [0.717, 1.165) is 13.0 Å². The Bertz CT molecular complexity index is 137. The second-order valence-corrected chi connectivity index (χ2v) is 2.89. The maximum Gasteiger partial charge on any atom is 0.149 e. The maximum absolute atomic E-state index is 10.9. The van der Waals surface area contributed by atoms with Crippen molar-refractivity contribution in [3.63, 3.8) is 0 Å². The van der Waals surface area contributed by atoms with Crippen LogP contribution in [0.5, 0.6) is 0 Å². The monoisotopic (exact) mass is 143 g/mol. The van der Waals surface area contributed by atoms with Crippen LogP contribution in [-0.4, -0.2) is 41.5 Å². The van der Waals surface area contributed by atoms with Crippen molar-refractivity contribution >= 4 is 5.78 Å². The lowest BCUT2D eigenvalue weighted by Crippen LogP contribution is -2.38. The SMILES string of the molecule is CC(=O)C1C(O)CCN1C. The van der Waals surface area contributed by atoms with Crippen molar-refractivity contribution in [1.29, 1.82) is 0 Å². The van der Waals surface area contributed by atoms with Crippen LogP contribution in [0, 0.1) is 0 Å². The van der Waals surface area contributed by atoms with Gasteiger partial charge < -0.3 is 5.11 Å². The van der Waals surface area contributed by atoms with Gasteiger partial charge in [-0.1, -0.05) is 0 Å². The Morgan fingerprint density at radius 3 is 2.50 bits per heavy atom. The Labute approximate surface area is 60.6 Å². The highest BCUT2D eigenvalue weighted by Crippen LogP contribution is 2.15. The molecule has 10 heavy (non-hydrogen) atoms. The van der Waals surface area contributed by atoms with Gasteiger partial charge in [-0.2, -0.15) is 0 Å². The minimum absolute atomic E-state index is 0.0625. The van der Waals surface area contributed by atoms with Crippen molar-refractivity contribution in [2.24, 2.45) is 0 Å². The van der Waals surface area contributed by atoms with Gasteiger partial charge in [0, 0.05) is 6.54 Å². The van der Waals surface area contributed by atoms with E-state index in [1.807, 2.05) is 11.9 Å². The van der Waals surface area contributed by atoms with Crippen molar-refractivity contribution in [3.05, 3.63) is 0 Å². The molecule has 0 amide bonds. The Morgan fingerprint density at radius 1 is 1.70 bits per heavy atom. The van der Waals surface area contributed by atoms with Gasteiger partial charge in [0.2, 0.25) is 0 Å². The number of hydrogen-bond donors (Lipinski definition) is 1. The van der Waals surface area contributed by atoms with Crippen LogP contribution in [0.2, 0.25) is 0 Å². The normalized spacial score (nSPS) is 34.7. The zero-order valence-corrected chi connectivity index (χ0v) is 6.37. The molecule has 1 N–H and O–H groups in total. The molecule has 1 saturated heterocycles. The number of hydrogen-bond acceptors (Lipinski definition) is 3. The molecule has 0 spiro atoms. The number of rotatable bonds is 1. The molecule has 3 nitrogen and oxygen atoms in total. The largest absolute Gasteiger partial charge is 0.391 e. The summed E-state index contributed by atoms with van der Waals surface area (Å²) in [6.07, 6.45) is 0.281. The predicted molar refractivity (Wildman–Crippen MR) is 37.7 cm³/mol. The lowest BCUT2D eigenvalue weighted by molar-refractivity contribution is -0.123. The Balaban J connectivity index is 2.63. The molecule has 58 valence electrons. The van der Waals surface area contributed by atoms with Gasteiger partial charge >= 0.3 is 0 Å².